The first-order chi connectivity index (χ1) is 9.48. The summed E-state index contributed by atoms with van der Waals surface area (Å²) in [6, 6.07) is 0. The van der Waals surface area contributed by atoms with Gasteiger partial charge >= 0.3 is 11.8 Å². The van der Waals surface area contributed by atoms with Crippen LogP contribution in [-0.4, -0.2) is 73.1 Å². The van der Waals surface area contributed by atoms with Crippen LogP contribution in [0.3, 0.4) is 0 Å². The number of carbonyl (C=O) groups is 2. The average Bonchev–Trinajstić information content (AvgIpc) is 2.43. The molecule has 0 spiro atoms. The lowest BCUT2D eigenvalue weighted by molar-refractivity contribution is -0.174. The van der Waals surface area contributed by atoms with E-state index in [9.17, 15) is 35.1 Å². The third kappa shape index (κ3) is 4.37. The fraction of sp³-hybridized carbons (Fsp3) is 0.636. The third-order valence-electron chi connectivity index (χ3n) is 2.70. The van der Waals surface area contributed by atoms with E-state index in [1.54, 1.807) is 5.32 Å². The van der Waals surface area contributed by atoms with Gasteiger partial charge in [-0.3, -0.25) is 9.59 Å². The normalized spacial score (nSPS) is 18.0. The minimum atomic E-state index is -2.99. The smallest absolute Gasteiger partial charge is 0.311 e. The number of aliphatic hydroxyl groups excluding tert-OH is 5. The zero-order valence-corrected chi connectivity index (χ0v) is 11.5. The molecule has 10 heteroatoms. The van der Waals surface area contributed by atoms with Crippen LogP contribution in [0.1, 0.15) is 13.8 Å². The van der Waals surface area contributed by atoms with Gasteiger partial charge in [-0.05, 0) is 19.4 Å². The number of primary amides is 1. The van der Waals surface area contributed by atoms with Crippen molar-refractivity contribution in [3.63, 3.8) is 0 Å². The molecule has 0 saturated heterocycles. The molecular formula is C11H20N2O8. The van der Waals surface area contributed by atoms with Gasteiger partial charge in [0.05, 0.1) is 6.61 Å². The van der Waals surface area contributed by atoms with Crippen LogP contribution < -0.4 is 11.1 Å². The second-order valence-electron chi connectivity index (χ2n) is 4.62. The molecule has 4 atom stereocenters. The second kappa shape index (κ2) is 7.33. The molecule has 0 bridgehead atoms. The van der Waals surface area contributed by atoms with Crippen LogP contribution in [0.2, 0.25) is 0 Å². The fourth-order valence-electron chi connectivity index (χ4n) is 1.45. The molecule has 0 aliphatic heterocycles. The SMILES string of the molecule is CC(C)=C(O)[C@](O)(NC(=O)C(N)=O)[C@@H](O)[C@H](O)[C@H](O)CO. The number of amides is 2. The van der Waals surface area contributed by atoms with E-state index in [1.807, 2.05) is 0 Å². The van der Waals surface area contributed by atoms with E-state index >= 15 is 0 Å². The molecule has 122 valence electrons. The molecule has 0 unspecified atom stereocenters. The molecule has 0 heterocycles. The fourth-order valence-corrected chi connectivity index (χ4v) is 1.45. The van der Waals surface area contributed by atoms with Gasteiger partial charge in [-0.1, -0.05) is 0 Å². The Morgan fingerprint density at radius 3 is 2.05 bits per heavy atom. The number of rotatable bonds is 6. The molecule has 0 aromatic heterocycles. The van der Waals surface area contributed by atoms with Crippen LogP contribution in [-0.2, 0) is 9.59 Å². The predicted octanol–water partition coefficient (Wildman–Crippen LogP) is -3.80. The lowest BCUT2D eigenvalue weighted by atomic mass is 9.94. The van der Waals surface area contributed by atoms with Crippen LogP contribution in [0, 0.1) is 0 Å². The Balaban J connectivity index is 5.67. The monoisotopic (exact) mass is 308 g/mol. The molecule has 0 saturated carbocycles. The number of nitrogens with two attached hydrogens (primary N) is 1. The highest BCUT2D eigenvalue weighted by Crippen LogP contribution is 2.23. The zero-order valence-electron chi connectivity index (χ0n) is 11.5. The van der Waals surface area contributed by atoms with Crippen LogP contribution >= 0.6 is 0 Å². The second-order valence-corrected chi connectivity index (χ2v) is 4.62. The molecule has 0 radical (unpaired) electrons. The van der Waals surface area contributed by atoms with Gasteiger partial charge in [0.2, 0.25) is 5.72 Å². The van der Waals surface area contributed by atoms with Crippen LogP contribution in [0.5, 0.6) is 0 Å². The summed E-state index contributed by atoms with van der Waals surface area (Å²) in [6.07, 6.45) is -6.38. The zero-order chi connectivity index (χ0) is 17.0. The van der Waals surface area contributed by atoms with Crippen molar-refractivity contribution in [2.75, 3.05) is 6.61 Å². The Morgan fingerprint density at radius 2 is 1.71 bits per heavy atom. The Hall–Kier alpha value is -1.72. The Labute approximate surface area is 120 Å². The highest BCUT2D eigenvalue weighted by atomic mass is 16.4. The van der Waals surface area contributed by atoms with Gasteiger partial charge in [-0.25, -0.2) is 0 Å². The van der Waals surface area contributed by atoms with E-state index in [0.29, 0.717) is 0 Å². The minimum absolute atomic E-state index is 0.0343. The maximum atomic E-state index is 11.3. The van der Waals surface area contributed by atoms with Crippen LogP contribution in [0.4, 0.5) is 0 Å². The number of hydrogen-bond acceptors (Lipinski definition) is 8. The highest BCUT2D eigenvalue weighted by Gasteiger charge is 2.48. The summed E-state index contributed by atoms with van der Waals surface area (Å²) in [6.45, 7) is 1.64. The molecule has 0 aliphatic rings. The molecule has 0 aromatic carbocycles. The third-order valence-corrected chi connectivity index (χ3v) is 2.70. The van der Waals surface area contributed by atoms with Crippen molar-refractivity contribution in [2.45, 2.75) is 37.9 Å². The topological polar surface area (TPSA) is 194 Å². The predicted molar refractivity (Wildman–Crippen MR) is 68.4 cm³/mol. The summed E-state index contributed by atoms with van der Waals surface area (Å²) in [5.41, 5.74) is 1.74. The molecule has 2 amide bonds. The Bertz CT molecular complexity index is 434. The first kappa shape index (κ1) is 19.3. The molecular weight excluding hydrogens is 288 g/mol. The number of hydrogen-bond donors (Lipinski definition) is 8. The van der Waals surface area contributed by atoms with Gasteiger partial charge in [0, 0.05) is 0 Å². The van der Waals surface area contributed by atoms with Crippen LogP contribution in [0.25, 0.3) is 0 Å². The first-order valence-electron chi connectivity index (χ1n) is 5.85. The summed E-state index contributed by atoms with van der Waals surface area (Å²) >= 11 is 0. The largest absolute Gasteiger partial charge is 0.507 e. The summed E-state index contributed by atoms with van der Waals surface area (Å²) in [4.78, 5) is 22.0. The molecule has 9 N–H and O–H groups in total. The van der Waals surface area contributed by atoms with Gasteiger partial charge in [0.1, 0.15) is 24.1 Å². The van der Waals surface area contributed by atoms with E-state index in [0.717, 1.165) is 0 Å². The van der Waals surface area contributed by atoms with E-state index in [2.05, 4.69) is 5.73 Å². The maximum absolute atomic E-state index is 11.3. The number of nitrogens with one attached hydrogen (secondary N) is 1. The average molecular weight is 308 g/mol. The van der Waals surface area contributed by atoms with Crippen molar-refractivity contribution in [2.24, 2.45) is 5.73 Å². The summed E-state index contributed by atoms with van der Waals surface area (Å²) in [5.74, 6) is -4.02. The lowest BCUT2D eigenvalue weighted by Crippen LogP contribution is -2.65. The summed E-state index contributed by atoms with van der Waals surface area (Å²) < 4.78 is 0. The lowest BCUT2D eigenvalue weighted by Gasteiger charge is -2.36. The quantitative estimate of drug-likeness (QED) is 0.139. The van der Waals surface area contributed by atoms with Gasteiger partial charge in [0.25, 0.3) is 0 Å². The van der Waals surface area contributed by atoms with E-state index < -0.39 is 48.2 Å². The first-order valence-corrected chi connectivity index (χ1v) is 5.85. The molecule has 21 heavy (non-hydrogen) atoms. The maximum Gasteiger partial charge on any atom is 0.311 e. The summed E-state index contributed by atoms with van der Waals surface area (Å²) in [5, 5.41) is 59.0. The number of carbonyl (C=O) groups excluding carboxylic acids is 2. The molecule has 0 fully saturated rings. The van der Waals surface area contributed by atoms with Gasteiger partial charge in [-0.2, -0.15) is 0 Å². The Kier molecular flexibility index (Phi) is 6.73. The minimum Gasteiger partial charge on any atom is -0.507 e. The van der Waals surface area contributed by atoms with Crippen molar-refractivity contribution >= 4 is 11.8 Å². The van der Waals surface area contributed by atoms with Crippen molar-refractivity contribution in [3.05, 3.63) is 11.3 Å². The van der Waals surface area contributed by atoms with Gasteiger partial charge < -0.3 is 41.7 Å². The van der Waals surface area contributed by atoms with Crippen molar-refractivity contribution in [1.82, 2.24) is 5.32 Å². The highest BCUT2D eigenvalue weighted by molar-refractivity contribution is 6.34. The van der Waals surface area contributed by atoms with E-state index in [1.165, 1.54) is 13.8 Å². The molecule has 0 rings (SSSR count). The van der Waals surface area contributed by atoms with Gasteiger partial charge in [-0.15, -0.1) is 0 Å². The number of allylic oxidation sites excluding steroid dienone is 1. The molecule has 0 aliphatic carbocycles. The van der Waals surface area contributed by atoms with Crippen molar-refractivity contribution in [1.29, 1.82) is 0 Å². The van der Waals surface area contributed by atoms with Crippen molar-refractivity contribution < 1.29 is 40.2 Å². The Morgan fingerprint density at radius 1 is 1.24 bits per heavy atom. The van der Waals surface area contributed by atoms with Crippen LogP contribution in [0.15, 0.2) is 11.3 Å². The number of aliphatic hydroxyl groups is 6. The van der Waals surface area contributed by atoms with E-state index in [-0.39, 0.29) is 5.57 Å². The molecule has 10 nitrogen and oxygen atoms in total. The standard InChI is InChI=1S/C11H20N2O8/c1-4(2)7(17)11(21,13-10(20)9(12)19)8(18)6(16)5(15)3-14/h5-6,8,14-18,21H,3H2,1-2H3,(H2,12,19)(H,13,20)/t5-,6-,8+,11-/m1/s1. The molecule has 0 aromatic rings. The van der Waals surface area contributed by atoms with Gasteiger partial charge in [0.15, 0.2) is 0 Å². The summed E-state index contributed by atoms with van der Waals surface area (Å²) in [7, 11) is 0. The van der Waals surface area contributed by atoms with Crippen molar-refractivity contribution in [3.8, 4) is 0 Å². The van der Waals surface area contributed by atoms with E-state index in [4.69, 9.17) is 5.11 Å².